The SMILES string of the molecule is O=C(O)c1ccc([C@@H]2Nc3c(Cl)ccc(C(F)(F)F)c3[C@@H]3C=CC[C@H]32)cc1. The first-order chi connectivity index (χ1) is 12.8. The molecule has 0 unspecified atom stereocenters. The molecule has 2 aromatic rings. The molecular formula is C20H15ClF3NO2. The number of anilines is 1. The number of hydrogen-bond acceptors (Lipinski definition) is 2. The second-order valence-electron chi connectivity index (χ2n) is 6.78. The predicted molar refractivity (Wildman–Crippen MR) is 96.2 cm³/mol. The summed E-state index contributed by atoms with van der Waals surface area (Å²) < 4.78 is 40.7. The van der Waals surface area contributed by atoms with Gasteiger partial charge in [-0.3, -0.25) is 0 Å². The van der Waals surface area contributed by atoms with Gasteiger partial charge in [-0.15, -0.1) is 0 Å². The van der Waals surface area contributed by atoms with Gasteiger partial charge >= 0.3 is 12.1 Å². The number of carbonyl (C=O) groups is 1. The Labute approximate surface area is 158 Å². The molecule has 7 heteroatoms. The minimum absolute atomic E-state index is 0.104. The Morgan fingerprint density at radius 1 is 1.15 bits per heavy atom. The average Bonchev–Trinajstić information content (AvgIpc) is 3.10. The molecule has 2 aromatic carbocycles. The third kappa shape index (κ3) is 2.98. The van der Waals surface area contributed by atoms with Crippen LogP contribution in [0, 0.1) is 5.92 Å². The molecule has 2 N–H and O–H groups in total. The molecule has 27 heavy (non-hydrogen) atoms. The molecule has 0 fully saturated rings. The molecule has 140 valence electrons. The highest BCUT2D eigenvalue weighted by Crippen LogP contribution is 2.54. The van der Waals surface area contributed by atoms with Crippen molar-refractivity contribution < 1.29 is 23.1 Å². The van der Waals surface area contributed by atoms with Gasteiger partial charge in [0.25, 0.3) is 0 Å². The van der Waals surface area contributed by atoms with E-state index in [1.54, 1.807) is 12.1 Å². The van der Waals surface area contributed by atoms with Crippen molar-refractivity contribution >= 4 is 23.3 Å². The van der Waals surface area contributed by atoms with E-state index < -0.39 is 23.6 Å². The van der Waals surface area contributed by atoms with Crippen molar-refractivity contribution in [2.45, 2.75) is 24.6 Å². The first kappa shape index (κ1) is 17.9. The summed E-state index contributed by atoms with van der Waals surface area (Å²) in [4.78, 5) is 11.1. The van der Waals surface area contributed by atoms with E-state index in [1.807, 2.05) is 12.2 Å². The number of benzene rings is 2. The molecule has 4 rings (SSSR count). The number of fused-ring (bicyclic) bond motifs is 3. The summed E-state index contributed by atoms with van der Waals surface area (Å²) in [6.07, 6.45) is -0.125. The Balaban J connectivity index is 1.82. The molecule has 0 amide bonds. The number of allylic oxidation sites excluding steroid dienone is 2. The molecule has 0 spiro atoms. The van der Waals surface area contributed by atoms with Crippen molar-refractivity contribution in [3.8, 4) is 0 Å². The summed E-state index contributed by atoms with van der Waals surface area (Å²) in [7, 11) is 0. The number of carboxylic acid groups (broad SMARTS) is 1. The number of carboxylic acids is 1. The van der Waals surface area contributed by atoms with Crippen LogP contribution < -0.4 is 5.32 Å². The predicted octanol–water partition coefficient (Wildman–Crippen LogP) is 5.88. The molecule has 0 aromatic heterocycles. The Bertz CT molecular complexity index is 937. The van der Waals surface area contributed by atoms with Crippen LogP contribution in [0.1, 0.15) is 45.4 Å². The first-order valence-electron chi connectivity index (χ1n) is 8.43. The van der Waals surface area contributed by atoms with Crippen LogP contribution in [0.15, 0.2) is 48.6 Å². The molecule has 0 radical (unpaired) electrons. The standard InChI is InChI=1S/C20H15ClF3NO2/c21-15-9-8-14(20(22,23)24)16-12-2-1-3-13(12)17(25-18(15)16)10-4-6-11(7-5-10)19(26)27/h1-2,4-9,12-13,17,25H,3H2,(H,26,27)/t12-,13-,17+/m1/s1. The normalized spacial score (nSPS) is 23.5. The average molecular weight is 394 g/mol. The molecule has 0 saturated carbocycles. The van der Waals surface area contributed by atoms with Crippen LogP contribution in [0.2, 0.25) is 5.02 Å². The van der Waals surface area contributed by atoms with Crippen molar-refractivity contribution in [2.75, 3.05) is 5.32 Å². The van der Waals surface area contributed by atoms with E-state index in [0.717, 1.165) is 11.6 Å². The lowest BCUT2D eigenvalue weighted by Crippen LogP contribution is -2.31. The first-order valence-corrected chi connectivity index (χ1v) is 8.81. The van der Waals surface area contributed by atoms with E-state index in [1.165, 1.54) is 18.2 Å². The van der Waals surface area contributed by atoms with E-state index >= 15 is 0 Å². The second kappa shape index (κ2) is 6.30. The number of aromatic carboxylic acids is 1. The van der Waals surface area contributed by atoms with E-state index in [0.29, 0.717) is 12.1 Å². The molecule has 3 atom stereocenters. The van der Waals surface area contributed by atoms with Crippen LogP contribution in [-0.4, -0.2) is 11.1 Å². The lowest BCUT2D eigenvalue weighted by Gasteiger charge is -2.39. The number of hydrogen-bond donors (Lipinski definition) is 2. The maximum Gasteiger partial charge on any atom is 0.416 e. The maximum atomic E-state index is 13.6. The van der Waals surface area contributed by atoms with Crippen LogP contribution in [0.4, 0.5) is 18.9 Å². The molecule has 0 bridgehead atoms. The van der Waals surface area contributed by atoms with E-state index in [2.05, 4.69) is 5.32 Å². The highest BCUT2D eigenvalue weighted by molar-refractivity contribution is 6.33. The van der Waals surface area contributed by atoms with Crippen molar-refractivity contribution in [1.29, 1.82) is 0 Å². The van der Waals surface area contributed by atoms with Gasteiger partial charge in [0.05, 0.1) is 27.9 Å². The highest BCUT2D eigenvalue weighted by Gasteiger charge is 2.44. The molecule has 1 aliphatic carbocycles. The fourth-order valence-corrected chi connectivity index (χ4v) is 4.30. The van der Waals surface area contributed by atoms with Gasteiger partial charge in [0.15, 0.2) is 0 Å². The minimum atomic E-state index is -4.46. The van der Waals surface area contributed by atoms with Gasteiger partial charge in [-0.05, 0) is 47.7 Å². The number of nitrogens with one attached hydrogen (secondary N) is 1. The summed E-state index contributed by atoms with van der Waals surface area (Å²) in [5.41, 5.74) is 0.792. The van der Waals surface area contributed by atoms with E-state index in [-0.39, 0.29) is 28.1 Å². The van der Waals surface area contributed by atoms with Crippen molar-refractivity contribution in [3.63, 3.8) is 0 Å². The molecule has 3 nitrogen and oxygen atoms in total. The molecule has 0 saturated heterocycles. The van der Waals surface area contributed by atoms with E-state index in [4.69, 9.17) is 16.7 Å². The zero-order chi connectivity index (χ0) is 19.3. The van der Waals surface area contributed by atoms with Crippen molar-refractivity contribution in [1.82, 2.24) is 0 Å². The van der Waals surface area contributed by atoms with Crippen molar-refractivity contribution in [3.05, 3.63) is 75.8 Å². The van der Waals surface area contributed by atoms with Crippen LogP contribution in [0.5, 0.6) is 0 Å². The lowest BCUT2D eigenvalue weighted by atomic mass is 9.75. The summed E-state index contributed by atoms with van der Waals surface area (Å²) in [6, 6.07) is 8.43. The topological polar surface area (TPSA) is 49.3 Å². The Morgan fingerprint density at radius 3 is 2.48 bits per heavy atom. The van der Waals surface area contributed by atoms with Crippen LogP contribution in [-0.2, 0) is 6.18 Å². The molecule has 2 aliphatic rings. The second-order valence-corrected chi connectivity index (χ2v) is 7.19. The Hall–Kier alpha value is -2.47. The molecule has 1 aliphatic heterocycles. The Kier molecular flexibility index (Phi) is 4.18. The Morgan fingerprint density at radius 2 is 1.85 bits per heavy atom. The molecule has 1 heterocycles. The van der Waals surface area contributed by atoms with Gasteiger partial charge < -0.3 is 10.4 Å². The van der Waals surface area contributed by atoms with Gasteiger partial charge in [-0.1, -0.05) is 35.9 Å². The van der Waals surface area contributed by atoms with Crippen LogP contribution in [0.25, 0.3) is 0 Å². The number of halogens is 4. The largest absolute Gasteiger partial charge is 0.478 e. The van der Waals surface area contributed by atoms with Gasteiger partial charge in [-0.2, -0.15) is 13.2 Å². The lowest BCUT2D eigenvalue weighted by molar-refractivity contribution is -0.138. The fourth-order valence-electron chi connectivity index (χ4n) is 4.08. The van der Waals surface area contributed by atoms with Crippen LogP contribution >= 0.6 is 11.6 Å². The highest BCUT2D eigenvalue weighted by atomic mass is 35.5. The fraction of sp³-hybridized carbons (Fsp3) is 0.250. The third-order valence-corrected chi connectivity index (χ3v) is 5.61. The smallest absolute Gasteiger partial charge is 0.416 e. The van der Waals surface area contributed by atoms with E-state index in [9.17, 15) is 18.0 Å². The third-order valence-electron chi connectivity index (χ3n) is 5.29. The summed E-state index contributed by atoms with van der Waals surface area (Å²) in [5, 5.41) is 12.5. The zero-order valence-electron chi connectivity index (χ0n) is 13.9. The quantitative estimate of drug-likeness (QED) is 0.626. The van der Waals surface area contributed by atoms with Gasteiger partial charge in [0, 0.05) is 5.92 Å². The summed E-state index contributed by atoms with van der Waals surface area (Å²) in [6.45, 7) is 0. The van der Waals surface area contributed by atoms with Gasteiger partial charge in [0.2, 0.25) is 0 Å². The number of rotatable bonds is 2. The van der Waals surface area contributed by atoms with Crippen LogP contribution in [0.3, 0.4) is 0 Å². The maximum absolute atomic E-state index is 13.6. The summed E-state index contributed by atoms with van der Waals surface area (Å²) >= 11 is 6.24. The monoisotopic (exact) mass is 393 g/mol. The van der Waals surface area contributed by atoms with Crippen molar-refractivity contribution in [2.24, 2.45) is 5.92 Å². The summed E-state index contributed by atoms with van der Waals surface area (Å²) in [5.74, 6) is -1.53. The molecular weight excluding hydrogens is 379 g/mol. The number of alkyl halides is 3. The van der Waals surface area contributed by atoms with Gasteiger partial charge in [0.1, 0.15) is 0 Å². The minimum Gasteiger partial charge on any atom is -0.478 e. The van der Waals surface area contributed by atoms with Gasteiger partial charge in [-0.25, -0.2) is 4.79 Å². The zero-order valence-corrected chi connectivity index (χ0v) is 14.7.